The van der Waals surface area contributed by atoms with Crippen LogP contribution < -0.4 is 9.64 Å². The SMILES string of the molecule is COc1cc(N2CCC[C@H](N(C)C(=O)OC(C)(C)C)C2)nc(SC)n1. The molecule has 1 atom stereocenters. The number of aromatic nitrogens is 2. The molecule has 2 rings (SSSR count). The van der Waals surface area contributed by atoms with E-state index in [9.17, 15) is 4.79 Å². The molecule has 0 radical (unpaired) electrons. The Bertz CT molecular complexity index is 584. The molecule has 0 aliphatic carbocycles. The van der Waals surface area contributed by atoms with Gasteiger partial charge in [-0.2, -0.15) is 4.98 Å². The van der Waals surface area contributed by atoms with Crippen molar-refractivity contribution in [3.05, 3.63) is 6.07 Å². The molecule has 8 heteroatoms. The number of amides is 1. The maximum atomic E-state index is 12.3. The minimum absolute atomic E-state index is 0.0855. The molecule has 0 bridgehead atoms. The fraction of sp³-hybridized carbons (Fsp3) is 0.706. The number of hydrogen-bond donors (Lipinski definition) is 0. The summed E-state index contributed by atoms with van der Waals surface area (Å²) in [7, 11) is 3.40. The monoisotopic (exact) mass is 368 g/mol. The fourth-order valence-corrected chi connectivity index (χ4v) is 3.08. The third-order valence-electron chi connectivity index (χ3n) is 4.01. The van der Waals surface area contributed by atoms with Gasteiger partial charge in [-0.25, -0.2) is 9.78 Å². The lowest BCUT2D eigenvalue weighted by molar-refractivity contribution is 0.0209. The van der Waals surface area contributed by atoms with Crippen LogP contribution in [0.5, 0.6) is 5.88 Å². The number of carbonyl (C=O) groups excluding carboxylic acids is 1. The zero-order valence-corrected chi connectivity index (χ0v) is 16.7. The van der Waals surface area contributed by atoms with Crippen molar-refractivity contribution in [1.82, 2.24) is 14.9 Å². The number of anilines is 1. The van der Waals surface area contributed by atoms with E-state index >= 15 is 0 Å². The second-order valence-corrected chi connectivity index (χ2v) is 7.86. The molecule has 140 valence electrons. The lowest BCUT2D eigenvalue weighted by atomic mass is 10.0. The molecule has 0 unspecified atom stereocenters. The molecule has 2 heterocycles. The Morgan fingerprint density at radius 1 is 1.40 bits per heavy atom. The zero-order chi connectivity index (χ0) is 18.6. The molecule has 1 saturated heterocycles. The highest BCUT2D eigenvalue weighted by molar-refractivity contribution is 7.98. The molecule has 1 aliphatic rings. The Morgan fingerprint density at radius 3 is 2.72 bits per heavy atom. The normalized spacial score (nSPS) is 18.0. The number of thioether (sulfide) groups is 1. The van der Waals surface area contributed by atoms with Crippen molar-refractivity contribution in [2.45, 2.75) is 50.4 Å². The van der Waals surface area contributed by atoms with Gasteiger partial charge in [-0.15, -0.1) is 0 Å². The molecule has 1 amide bonds. The molecule has 7 nitrogen and oxygen atoms in total. The third kappa shape index (κ3) is 5.39. The van der Waals surface area contributed by atoms with Gasteiger partial charge in [0.15, 0.2) is 5.16 Å². The average Bonchev–Trinajstić information content (AvgIpc) is 2.59. The Labute approximate surface area is 154 Å². The van der Waals surface area contributed by atoms with Gasteiger partial charge in [0.1, 0.15) is 11.4 Å². The van der Waals surface area contributed by atoms with Crippen molar-refractivity contribution in [2.24, 2.45) is 0 Å². The lowest BCUT2D eigenvalue weighted by Crippen LogP contribution is -2.50. The van der Waals surface area contributed by atoms with Gasteiger partial charge >= 0.3 is 6.09 Å². The maximum Gasteiger partial charge on any atom is 0.410 e. The zero-order valence-electron chi connectivity index (χ0n) is 15.9. The largest absolute Gasteiger partial charge is 0.481 e. The average molecular weight is 369 g/mol. The van der Waals surface area contributed by atoms with E-state index in [2.05, 4.69) is 14.9 Å². The first-order valence-corrected chi connectivity index (χ1v) is 9.64. The summed E-state index contributed by atoms with van der Waals surface area (Å²) in [6.07, 6.45) is 3.58. The molecule has 0 aromatic carbocycles. The van der Waals surface area contributed by atoms with Crippen LogP contribution in [0.2, 0.25) is 0 Å². The van der Waals surface area contributed by atoms with E-state index in [1.54, 1.807) is 19.1 Å². The van der Waals surface area contributed by atoms with E-state index in [-0.39, 0.29) is 12.1 Å². The fourth-order valence-electron chi connectivity index (χ4n) is 2.71. The van der Waals surface area contributed by atoms with Crippen LogP contribution in [-0.4, -0.2) is 66.1 Å². The third-order valence-corrected chi connectivity index (χ3v) is 4.56. The number of methoxy groups -OCH3 is 1. The van der Waals surface area contributed by atoms with E-state index < -0.39 is 5.60 Å². The summed E-state index contributed by atoms with van der Waals surface area (Å²) in [5, 5.41) is 0.678. The molecule has 25 heavy (non-hydrogen) atoms. The molecule has 1 aromatic rings. The van der Waals surface area contributed by atoms with Crippen molar-refractivity contribution in [3.8, 4) is 5.88 Å². The molecule has 1 aliphatic heterocycles. The van der Waals surface area contributed by atoms with Gasteiger partial charge < -0.3 is 19.3 Å². The van der Waals surface area contributed by atoms with Crippen LogP contribution in [0.1, 0.15) is 33.6 Å². The minimum atomic E-state index is -0.493. The van der Waals surface area contributed by atoms with Crippen molar-refractivity contribution in [3.63, 3.8) is 0 Å². The Balaban J connectivity index is 2.11. The van der Waals surface area contributed by atoms with Crippen molar-refractivity contribution in [2.75, 3.05) is 38.4 Å². The van der Waals surface area contributed by atoms with Gasteiger partial charge in [0.05, 0.1) is 13.2 Å². The van der Waals surface area contributed by atoms with Crippen molar-refractivity contribution < 1.29 is 14.3 Å². The topological polar surface area (TPSA) is 67.8 Å². The molecule has 1 fully saturated rings. The van der Waals surface area contributed by atoms with Crippen LogP contribution >= 0.6 is 11.8 Å². The van der Waals surface area contributed by atoms with Gasteiger partial charge in [-0.1, -0.05) is 11.8 Å². The Kier molecular flexibility index (Phi) is 6.37. The Hall–Kier alpha value is -1.70. The van der Waals surface area contributed by atoms with Gasteiger partial charge in [0.2, 0.25) is 5.88 Å². The summed E-state index contributed by atoms with van der Waals surface area (Å²) in [6, 6.07) is 1.93. The van der Waals surface area contributed by atoms with Gasteiger partial charge in [-0.05, 0) is 39.9 Å². The second-order valence-electron chi connectivity index (χ2n) is 7.09. The number of nitrogens with zero attached hydrogens (tertiary/aromatic N) is 4. The number of likely N-dealkylation sites (N-methyl/N-ethyl adjacent to an activating group) is 1. The van der Waals surface area contributed by atoms with Crippen LogP contribution in [-0.2, 0) is 4.74 Å². The highest BCUT2D eigenvalue weighted by atomic mass is 32.2. The maximum absolute atomic E-state index is 12.3. The van der Waals surface area contributed by atoms with E-state index in [0.29, 0.717) is 17.6 Å². The van der Waals surface area contributed by atoms with E-state index in [0.717, 1.165) is 25.2 Å². The summed E-state index contributed by atoms with van der Waals surface area (Å²) in [5.74, 6) is 1.38. The highest BCUT2D eigenvalue weighted by Gasteiger charge is 2.30. The van der Waals surface area contributed by atoms with Crippen LogP contribution in [0.15, 0.2) is 11.2 Å². The van der Waals surface area contributed by atoms with Crippen LogP contribution in [0.4, 0.5) is 10.6 Å². The first-order valence-electron chi connectivity index (χ1n) is 8.41. The Morgan fingerprint density at radius 2 is 2.12 bits per heavy atom. The van der Waals surface area contributed by atoms with E-state index in [4.69, 9.17) is 9.47 Å². The minimum Gasteiger partial charge on any atom is -0.481 e. The number of carbonyl (C=O) groups is 1. The summed E-state index contributed by atoms with van der Waals surface area (Å²) in [5.41, 5.74) is -0.493. The summed E-state index contributed by atoms with van der Waals surface area (Å²) in [4.78, 5) is 25.1. The summed E-state index contributed by atoms with van der Waals surface area (Å²) >= 11 is 1.48. The number of hydrogen-bond acceptors (Lipinski definition) is 7. The van der Waals surface area contributed by atoms with Crippen LogP contribution in [0.25, 0.3) is 0 Å². The smallest absolute Gasteiger partial charge is 0.410 e. The van der Waals surface area contributed by atoms with Gasteiger partial charge in [-0.3, -0.25) is 0 Å². The molecular formula is C17H28N4O3S. The van der Waals surface area contributed by atoms with Crippen molar-refractivity contribution in [1.29, 1.82) is 0 Å². The second kappa shape index (κ2) is 8.12. The number of rotatable bonds is 4. The summed E-state index contributed by atoms with van der Waals surface area (Å²) in [6.45, 7) is 7.24. The predicted octanol–water partition coefficient (Wildman–Crippen LogP) is 3.04. The quantitative estimate of drug-likeness (QED) is 0.598. The molecule has 0 spiro atoms. The van der Waals surface area contributed by atoms with Crippen molar-refractivity contribution >= 4 is 23.7 Å². The van der Waals surface area contributed by atoms with E-state index in [1.165, 1.54) is 11.8 Å². The van der Waals surface area contributed by atoms with Gasteiger partial charge in [0.25, 0.3) is 0 Å². The van der Waals surface area contributed by atoms with Gasteiger partial charge in [0, 0.05) is 26.2 Å². The van der Waals surface area contributed by atoms with Crippen LogP contribution in [0.3, 0.4) is 0 Å². The standard InChI is InChI=1S/C17H28N4O3S/c1-17(2,3)24-16(22)20(4)12-8-7-9-21(11-12)13-10-14(23-5)19-15(18-13)25-6/h10,12H,7-9,11H2,1-6H3/t12-/m0/s1. The molecule has 0 saturated carbocycles. The van der Waals surface area contributed by atoms with E-state index in [1.807, 2.05) is 33.1 Å². The highest BCUT2D eigenvalue weighted by Crippen LogP contribution is 2.26. The summed E-state index contributed by atoms with van der Waals surface area (Å²) < 4.78 is 10.8. The first kappa shape index (κ1) is 19.6. The first-order chi connectivity index (χ1) is 11.7. The number of piperidine rings is 1. The van der Waals surface area contributed by atoms with Crippen LogP contribution in [0, 0.1) is 0 Å². The predicted molar refractivity (Wildman–Crippen MR) is 99.6 cm³/mol. The molecular weight excluding hydrogens is 340 g/mol. The number of ether oxygens (including phenoxy) is 2. The molecule has 0 N–H and O–H groups in total. The lowest BCUT2D eigenvalue weighted by Gasteiger charge is -2.38. The molecule has 1 aromatic heterocycles.